The van der Waals surface area contributed by atoms with E-state index in [2.05, 4.69) is 18.8 Å². The highest BCUT2D eigenvalue weighted by molar-refractivity contribution is 5.81. The van der Waals surface area contributed by atoms with Crippen LogP contribution in [0.4, 0.5) is 0 Å². The monoisotopic (exact) mass is 283 g/mol. The second kappa shape index (κ2) is 14.1. The summed E-state index contributed by atoms with van der Waals surface area (Å²) in [5.41, 5.74) is 0. The van der Waals surface area contributed by atoms with Gasteiger partial charge in [-0.05, 0) is 6.42 Å². The highest BCUT2D eigenvalue weighted by atomic mass is 16.5. The first kappa shape index (κ1) is 18.7. The molecule has 0 aliphatic rings. The van der Waals surface area contributed by atoms with E-state index >= 15 is 0 Å². The van der Waals surface area contributed by atoms with E-state index in [0.29, 0.717) is 6.54 Å². The molecule has 1 N–H and O–H groups in total. The number of esters is 1. The first-order valence-electron chi connectivity index (χ1n) is 7.76. The smallest absolute Gasteiger partial charge is 0.330 e. The lowest BCUT2D eigenvalue weighted by Gasteiger charge is -2.05. The number of hydrogen-bond acceptors (Lipinski definition) is 3. The van der Waals surface area contributed by atoms with Crippen LogP contribution in [-0.2, 0) is 14.3 Å². The minimum atomic E-state index is -0.485. The van der Waals surface area contributed by atoms with Gasteiger partial charge >= 0.3 is 5.97 Å². The average molecular weight is 283 g/mol. The second-order valence-electron chi connectivity index (χ2n) is 4.95. The van der Waals surface area contributed by atoms with Gasteiger partial charge in [0.2, 0.25) is 5.91 Å². The van der Waals surface area contributed by atoms with Gasteiger partial charge in [-0.1, -0.05) is 58.4 Å². The minimum Gasteiger partial charge on any atom is -0.462 e. The van der Waals surface area contributed by atoms with Crippen LogP contribution in [0, 0.1) is 0 Å². The molecule has 0 saturated carbocycles. The zero-order valence-electron chi connectivity index (χ0n) is 12.8. The van der Waals surface area contributed by atoms with Crippen molar-refractivity contribution >= 4 is 11.9 Å². The molecular formula is C16H29NO3. The zero-order chi connectivity index (χ0) is 15.1. The first-order valence-corrected chi connectivity index (χ1v) is 7.76. The Morgan fingerprint density at radius 3 is 2.25 bits per heavy atom. The third-order valence-electron chi connectivity index (χ3n) is 3.09. The maximum Gasteiger partial charge on any atom is 0.330 e. The second-order valence-corrected chi connectivity index (χ2v) is 4.95. The summed E-state index contributed by atoms with van der Waals surface area (Å²) in [7, 11) is 0. The molecule has 0 heterocycles. The SMILES string of the molecule is C=CC(=O)OCCC(=O)NCCCCCCCCCC. The number of carbonyl (C=O) groups excluding carboxylic acids is 2. The molecular weight excluding hydrogens is 254 g/mol. The van der Waals surface area contributed by atoms with Crippen LogP contribution in [0.2, 0.25) is 0 Å². The van der Waals surface area contributed by atoms with Crippen LogP contribution >= 0.6 is 0 Å². The molecule has 0 spiro atoms. The van der Waals surface area contributed by atoms with E-state index in [4.69, 9.17) is 4.74 Å². The van der Waals surface area contributed by atoms with E-state index in [9.17, 15) is 9.59 Å². The molecule has 0 fully saturated rings. The quantitative estimate of drug-likeness (QED) is 0.320. The van der Waals surface area contributed by atoms with E-state index in [-0.39, 0.29) is 18.9 Å². The maximum atomic E-state index is 11.4. The van der Waals surface area contributed by atoms with Crippen LogP contribution in [0.5, 0.6) is 0 Å². The van der Waals surface area contributed by atoms with Crippen molar-refractivity contribution in [2.75, 3.05) is 13.2 Å². The van der Waals surface area contributed by atoms with Gasteiger partial charge in [-0.15, -0.1) is 0 Å². The summed E-state index contributed by atoms with van der Waals surface area (Å²) >= 11 is 0. The molecule has 0 rings (SSSR count). The fraction of sp³-hybridized carbons (Fsp3) is 0.750. The molecule has 0 unspecified atom stereocenters. The predicted octanol–water partition coefficient (Wildman–Crippen LogP) is 3.36. The van der Waals surface area contributed by atoms with E-state index in [1.54, 1.807) is 0 Å². The highest BCUT2D eigenvalue weighted by Crippen LogP contribution is 2.07. The topological polar surface area (TPSA) is 55.4 Å². The van der Waals surface area contributed by atoms with Crippen molar-refractivity contribution in [1.29, 1.82) is 0 Å². The summed E-state index contributed by atoms with van der Waals surface area (Å²) in [5.74, 6) is -0.550. The number of amides is 1. The summed E-state index contributed by atoms with van der Waals surface area (Å²) in [6.07, 6.45) is 11.3. The van der Waals surface area contributed by atoms with E-state index in [0.717, 1.165) is 18.9 Å². The largest absolute Gasteiger partial charge is 0.462 e. The average Bonchev–Trinajstić information content (AvgIpc) is 2.45. The minimum absolute atomic E-state index is 0.0650. The van der Waals surface area contributed by atoms with Crippen LogP contribution in [-0.4, -0.2) is 25.0 Å². The maximum absolute atomic E-state index is 11.4. The van der Waals surface area contributed by atoms with Crippen molar-refractivity contribution < 1.29 is 14.3 Å². The Morgan fingerprint density at radius 1 is 1.05 bits per heavy atom. The number of nitrogens with one attached hydrogen (secondary N) is 1. The third kappa shape index (κ3) is 13.1. The Morgan fingerprint density at radius 2 is 1.65 bits per heavy atom. The van der Waals surface area contributed by atoms with Crippen LogP contribution in [0.1, 0.15) is 64.7 Å². The van der Waals surface area contributed by atoms with Crippen molar-refractivity contribution in [2.24, 2.45) is 0 Å². The Bertz CT molecular complexity index is 277. The fourth-order valence-electron chi connectivity index (χ4n) is 1.88. The zero-order valence-corrected chi connectivity index (χ0v) is 12.8. The molecule has 4 heteroatoms. The molecule has 0 aromatic rings. The number of hydrogen-bond donors (Lipinski definition) is 1. The van der Waals surface area contributed by atoms with Gasteiger partial charge in [0.1, 0.15) is 6.61 Å². The van der Waals surface area contributed by atoms with Crippen molar-refractivity contribution in [1.82, 2.24) is 5.32 Å². The highest BCUT2D eigenvalue weighted by Gasteiger charge is 2.02. The normalized spacial score (nSPS) is 10.1. The molecule has 0 atom stereocenters. The summed E-state index contributed by atoms with van der Waals surface area (Å²) in [6, 6.07) is 0. The molecule has 0 radical (unpaired) electrons. The molecule has 4 nitrogen and oxygen atoms in total. The molecule has 0 aromatic carbocycles. The van der Waals surface area contributed by atoms with Crippen LogP contribution in [0.25, 0.3) is 0 Å². The number of carbonyl (C=O) groups is 2. The van der Waals surface area contributed by atoms with E-state index < -0.39 is 5.97 Å². The summed E-state index contributed by atoms with van der Waals surface area (Å²) in [5, 5.41) is 2.83. The lowest BCUT2D eigenvalue weighted by Crippen LogP contribution is -2.25. The predicted molar refractivity (Wildman–Crippen MR) is 81.4 cm³/mol. The summed E-state index contributed by atoms with van der Waals surface area (Å²) in [4.78, 5) is 22.1. The van der Waals surface area contributed by atoms with Crippen LogP contribution in [0.15, 0.2) is 12.7 Å². The van der Waals surface area contributed by atoms with Gasteiger partial charge in [-0.3, -0.25) is 4.79 Å². The van der Waals surface area contributed by atoms with Gasteiger partial charge in [-0.25, -0.2) is 4.79 Å². The lowest BCUT2D eigenvalue weighted by atomic mass is 10.1. The van der Waals surface area contributed by atoms with Gasteiger partial charge in [-0.2, -0.15) is 0 Å². The third-order valence-corrected chi connectivity index (χ3v) is 3.09. The van der Waals surface area contributed by atoms with Crippen molar-refractivity contribution in [3.63, 3.8) is 0 Å². The Balaban J connectivity index is 3.23. The summed E-state index contributed by atoms with van der Waals surface area (Å²) < 4.78 is 4.74. The molecule has 1 amide bonds. The van der Waals surface area contributed by atoms with Crippen LogP contribution in [0.3, 0.4) is 0 Å². The van der Waals surface area contributed by atoms with Gasteiger partial charge in [0.25, 0.3) is 0 Å². The first-order chi connectivity index (χ1) is 9.70. The molecule has 0 bridgehead atoms. The number of unbranched alkanes of at least 4 members (excludes halogenated alkanes) is 7. The fourth-order valence-corrected chi connectivity index (χ4v) is 1.88. The van der Waals surface area contributed by atoms with E-state index in [1.165, 1.54) is 38.5 Å². The lowest BCUT2D eigenvalue weighted by molar-refractivity contribution is -0.138. The summed E-state index contributed by atoms with van der Waals surface area (Å²) in [6.45, 7) is 6.34. The van der Waals surface area contributed by atoms with Gasteiger partial charge in [0, 0.05) is 12.6 Å². The van der Waals surface area contributed by atoms with Crippen molar-refractivity contribution in [3.8, 4) is 0 Å². The van der Waals surface area contributed by atoms with Gasteiger partial charge < -0.3 is 10.1 Å². The van der Waals surface area contributed by atoms with Crippen LogP contribution < -0.4 is 5.32 Å². The number of ether oxygens (including phenoxy) is 1. The Kier molecular flexibility index (Phi) is 13.2. The molecule has 0 saturated heterocycles. The molecule has 0 aliphatic carbocycles. The standard InChI is InChI=1S/C16H29NO3/c1-3-5-6-7-8-9-10-11-13-17-15(18)12-14-20-16(19)4-2/h4H,2-3,5-14H2,1H3,(H,17,18). The van der Waals surface area contributed by atoms with Gasteiger partial charge in [0.15, 0.2) is 0 Å². The van der Waals surface area contributed by atoms with Crippen molar-refractivity contribution in [3.05, 3.63) is 12.7 Å². The Labute approximate surface area is 123 Å². The molecule has 0 aromatic heterocycles. The van der Waals surface area contributed by atoms with E-state index in [1.807, 2.05) is 0 Å². The van der Waals surface area contributed by atoms with Crippen molar-refractivity contribution in [2.45, 2.75) is 64.7 Å². The number of rotatable bonds is 13. The van der Waals surface area contributed by atoms with Gasteiger partial charge in [0.05, 0.1) is 6.42 Å². The molecule has 116 valence electrons. The Hall–Kier alpha value is -1.32. The molecule has 20 heavy (non-hydrogen) atoms. The molecule has 0 aliphatic heterocycles.